The number of hydrogen-bond acceptors (Lipinski definition) is 8. The summed E-state index contributed by atoms with van der Waals surface area (Å²) in [6.07, 6.45) is 3.04. The third kappa shape index (κ3) is 12.0. The molecule has 5 rings (SSSR count). The number of alkyl halides is 3. The Kier molecular flexibility index (Phi) is 17.3. The molecule has 3 aromatic rings. The highest BCUT2D eigenvalue weighted by atomic mass is 19.4. The molecule has 13 heteroatoms. The van der Waals surface area contributed by atoms with Crippen LogP contribution in [0.2, 0.25) is 0 Å². The Bertz CT molecular complexity index is 1750. The van der Waals surface area contributed by atoms with Gasteiger partial charge < -0.3 is 33.3 Å². The molecule has 0 saturated carbocycles. The summed E-state index contributed by atoms with van der Waals surface area (Å²) in [6, 6.07) is 7.88. The van der Waals surface area contributed by atoms with Gasteiger partial charge in [0.2, 0.25) is 0 Å². The van der Waals surface area contributed by atoms with Crippen LogP contribution in [0.1, 0.15) is 103 Å². The van der Waals surface area contributed by atoms with Crippen LogP contribution in [-0.2, 0) is 22.2 Å². The van der Waals surface area contributed by atoms with Gasteiger partial charge in [-0.25, -0.2) is 9.37 Å². The van der Waals surface area contributed by atoms with Crippen molar-refractivity contribution < 1.29 is 36.5 Å². The summed E-state index contributed by atoms with van der Waals surface area (Å²) in [5, 5.41) is 0. The van der Waals surface area contributed by atoms with Crippen LogP contribution in [0.4, 0.5) is 17.6 Å². The summed E-state index contributed by atoms with van der Waals surface area (Å²) in [6.45, 7) is 24.0. The number of aromatic nitrogens is 2. The van der Waals surface area contributed by atoms with Crippen LogP contribution >= 0.6 is 0 Å². The van der Waals surface area contributed by atoms with Crippen molar-refractivity contribution in [2.24, 2.45) is 0 Å². The van der Waals surface area contributed by atoms with Crippen LogP contribution in [-0.4, -0.2) is 109 Å². The number of unbranched alkanes of at least 4 members (excludes halogenated alkanes) is 1. The number of likely N-dealkylation sites (tertiary alicyclic amines) is 1. The number of halogens is 4. The molecule has 2 aromatic carbocycles. The van der Waals surface area contributed by atoms with Gasteiger partial charge >= 0.3 is 6.18 Å². The maximum atomic E-state index is 14.1. The van der Waals surface area contributed by atoms with Crippen LogP contribution < -0.4 is 9.47 Å². The van der Waals surface area contributed by atoms with Gasteiger partial charge in [-0.3, -0.25) is 4.90 Å². The Morgan fingerprint density at radius 2 is 1.45 bits per heavy atom. The zero-order chi connectivity index (χ0) is 41.7. The molecule has 2 atom stereocenters. The minimum absolute atomic E-state index is 0.0187. The predicted molar refractivity (Wildman–Crippen MR) is 222 cm³/mol. The molecule has 0 spiro atoms. The fourth-order valence-corrected chi connectivity index (χ4v) is 7.83. The lowest BCUT2D eigenvalue weighted by Gasteiger charge is -2.30. The molecule has 58 heavy (non-hydrogen) atoms. The number of hydrogen-bond donors (Lipinski definition) is 0. The molecule has 0 bridgehead atoms. The van der Waals surface area contributed by atoms with E-state index in [0.717, 1.165) is 113 Å². The van der Waals surface area contributed by atoms with Crippen LogP contribution in [0, 0.1) is 5.82 Å². The van der Waals surface area contributed by atoms with Crippen molar-refractivity contribution >= 4 is 5.76 Å². The van der Waals surface area contributed by atoms with E-state index in [1.54, 1.807) is 12.1 Å². The smallest absolute Gasteiger partial charge is 0.419 e. The average molecular weight is 816 g/mol. The quantitative estimate of drug-likeness (QED) is 0.0655. The molecular weight excluding hydrogens is 751 g/mol. The van der Waals surface area contributed by atoms with E-state index in [4.69, 9.17) is 23.9 Å². The molecule has 1 fully saturated rings. The van der Waals surface area contributed by atoms with Gasteiger partial charge in [0.25, 0.3) is 0 Å². The predicted octanol–water partition coefficient (Wildman–Crippen LogP) is 10.1. The average Bonchev–Trinajstić information content (AvgIpc) is 3.87. The summed E-state index contributed by atoms with van der Waals surface area (Å²) in [5.74, 6) is 0.680. The van der Waals surface area contributed by atoms with Crippen molar-refractivity contribution in [1.29, 1.82) is 0 Å². The molecule has 1 aliphatic carbocycles. The molecule has 0 N–H and O–H groups in total. The largest absolute Gasteiger partial charge is 0.493 e. The minimum Gasteiger partial charge on any atom is -0.493 e. The van der Waals surface area contributed by atoms with Gasteiger partial charge in [-0.15, -0.1) is 0 Å². The summed E-state index contributed by atoms with van der Waals surface area (Å²) in [7, 11) is 0. The molecule has 2 unspecified atom stereocenters. The van der Waals surface area contributed by atoms with E-state index in [2.05, 4.69) is 66.9 Å². The third-order valence-electron chi connectivity index (χ3n) is 11.3. The minimum atomic E-state index is -4.86. The first kappa shape index (κ1) is 45.4. The fourth-order valence-electron chi connectivity index (χ4n) is 7.83. The lowest BCUT2D eigenvalue weighted by atomic mass is 9.92. The third-order valence-corrected chi connectivity index (χ3v) is 11.3. The maximum absolute atomic E-state index is 14.1. The Morgan fingerprint density at radius 3 is 2.10 bits per heavy atom. The van der Waals surface area contributed by atoms with Gasteiger partial charge in [0.05, 0.1) is 29.5 Å². The topological polar surface area (TPSA) is 64.5 Å². The van der Waals surface area contributed by atoms with Gasteiger partial charge in [0, 0.05) is 44.8 Å². The molecule has 2 aliphatic rings. The van der Waals surface area contributed by atoms with Crippen molar-refractivity contribution in [3.8, 4) is 28.6 Å². The molecule has 0 amide bonds. The van der Waals surface area contributed by atoms with Gasteiger partial charge in [-0.1, -0.05) is 48.0 Å². The summed E-state index contributed by atoms with van der Waals surface area (Å²) in [4.78, 5) is 12.5. The normalized spacial score (nSPS) is 17.3. The highest BCUT2D eigenvalue weighted by Gasteiger charge is 2.36. The van der Waals surface area contributed by atoms with Crippen molar-refractivity contribution in [2.45, 2.75) is 105 Å². The second kappa shape index (κ2) is 22.1. The number of ether oxygens (including phenoxy) is 4. The Morgan fingerprint density at radius 1 is 0.793 bits per heavy atom. The SMILES string of the molecule is CCCCn1c(-c2ccc(Oc3ccc(F)c(C(F)(F)F)c3)cc2OCCCN(CC)CC)nc2c1C(C)C(OCCCN(CC)CC)C=C2OCCN1CCCC1. The number of fused-ring (bicyclic) bond motifs is 1. The van der Waals surface area contributed by atoms with Crippen LogP contribution in [0.25, 0.3) is 17.1 Å². The second-order valence-electron chi connectivity index (χ2n) is 15.2. The Balaban J connectivity index is 1.52. The van der Waals surface area contributed by atoms with E-state index >= 15 is 0 Å². The number of rotatable bonds is 24. The number of imidazole rings is 1. The number of nitrogens with zero attached hydrogens (tertiary/aromatic N) is 5. The standard InChI is InChI=1S/C45H65F4N5O4/c1-7-12-25-54-43-33(6)39(55-27-15-23-51(8-2)9-3)32-41(57-29-26-53-21-13-14-22-53)42(43)50-44(54)36-19-17-35(31-40(36)56-28-16-24-52(10-4)11-5)58-34-18-20-38(46)37(30-34)45(47,48)49/h17-20,30-33,39H,7-16,21-29H2,1-6H3. The molecule has 0 radical (unpaired) electrons. The zero-order valence-electron chi connectivity index (χ0n) is 35.5. The Labute approximate surface area is 343 Å². The van der Waals surface area contributed by atoms with E-state index in [1.165, 1.54) is 18.9 Å². The number of benzene rings is 2. The van der Waals surface area contributed by atoms with E-state index in [-0.39, 0.29) is 23.5 Å². The van der Waals surface area contributed by atoms with Gasteiger partial charge in [0.15, 0.2) is 0 Å². The van der Waals surface area contributed by atoms with E-state index in [1.807, 2.05) is 6.07 Å². The lowest BCUT2D eigenvalue weighted by molar-refractivity contribution is -0.140. The first-order valence-corrected chi connectivity index (χ1v) is 21.6. The lowest BCUT2D eigenvalue weighted by Crippen LogP contribution is -2.29. The molecular formula is C45H65F4N5O4. The van der Waals surface area contributed by atoms with Gasteiger partial charge in [-0.05, 0) is 108 Å². The molecule has 1 aliphatic heterocycles. The van der Waals surface area contributed by atoms with Crippen molar-refractivity contribution in [2.75, 3.05) is 78.7 Å². The summed E-state index contributed by atoms with van der Waals surface area (Å²) < 4.78 is 82.8. The van der Waals surface area contributed by atoms with E-state index in [0.29, 0.717) is 44.0 Å². The zero-order valence-corrected chi connectivity index (χ0v) is 35.5. The van der Waals surface area contributed by atoms with E-state index < -0.39 is 17.6 Å². The van der Waals surface area contributed by atoms with Crippen LogP contribution in [0.15, 0.2) is 42.5 Å². The first-order valence-electron chi connectivity index (χ1n) is 21.6. The fraction of sp³-hybridized carbons (Fsp3) is 0.622. The van der Waals surface area contributed by atoms with Gasteiger partial charge in [-0.2, -0.15) is 13.2 Å². The highest BCUT2D eigenvalue weighted by Crippen LogP contribution is 2.43. The second-order valence-corrected chi connectivity index (χ2v) is 15.2. The van der Waals surface area contributed by atoms with Gasteiger partial charge in [0.1, 0.15) is 47.0 Å². The molecule has 322 valence electrons. The molecule has 1 saturated heterocycles. The van der Waals surface area contributed by atoms with Crippen molar-refractivity contribution in [3.63, 3.8) is 0 Å². The highest BCUT2D eigenvalue weighted by molar-refractivity contribution is 5.72. The summed E-state index contributed by atoms with van der Waals surface area (Å²) in [5.41, 5.74) is 1.19. The van der Waals surface area contributed by atoms with E-state index in [9.17, 15) is 17.6 Å². The molecule has 2 heterocycles. The van der Waals surface area contributed by atoms with Crippen molar-refractivity contribution in [3.05, 3.63) is 65.2 Å². The maximum Gasteiger partial charge on any atom is 0.419 e. The first-order chi connectivity index (χ1) is 28.0. The monoisotopic (exact) mass is 815 g/mol. The molecule has 1 aromatic heterocycles. The van der Waals surface area contributed by atoms with Crippen LogP contribution in [0.5, 0.6) is 17.2 Å². The molecule has 9 nitrogen and oxygen atoms in total. The van der Waals surface area contributed by atoms with Crippen LogP contribution in [0.3, 0.4) is 0 Å². The summed E-state index contributed by atoms with van der Waals surface area (Å²) >= 11 is 0. The Hall–Kier alpha value is -3.65. The van der Waals surface area contributed by atoms with Crippen molar-refractivity contribution in [1.82, 2.24) is 24.3 Å².